The number of para-hydroxylation sites is 3. The van der Waals surface area contributed by atoms with Crippen LogP contribution in [-0.2, 0) is 0 Å². The van der Waals surface area contributed by atoms with E-state index < -0.39 is 0 Å². The molecular weight excluding hydrogens is 729 g/mol. The van der Waals surface area contributed by atoms with E-state index in [1.54, 1.807) is 0 Å². The van der Waals surface area contributed by atoms with Gasteiger partial charge in [0.05, 0.1) is 33.3 Å². The summed E-state index contributed by atoms with van der Waals surface area (Å²) in [4.78, 5) is 10.9. The lowest BCUT2D eigenvalue weighted by molar-refractivity contribution is 1.01. The third-order valence-electron chi connectivity index (χ3n) is 13.0. The number of hydrogen-bond donors (Lipinski definition) is 0. The molecule has 4 nitrogen and oxygen atoms in total. The van der Waals surface area contributed by atoms with Crippen molar-refractivity contribution in [3.63, 3.8) is 0 Å². The van der Waals surface area contributed by atoms with Crippen molar-refractivity contribution in [2.45, 2.75) is 0 Å². The summed E-state index contributed by atoms with van der Waals surface area (Å²) in [6.45, 7) is 0. The van der Waals surface area contributed by atoms with Gasteiger partial charge in [0.1, 0.15) is 0 Å². The summed E-state index contributed by atoms with van der Waals surface area (Å²) >= 11 is 0. The highest BCUT2D eigenvalue weighted by atomic mass is 15.2. The predicted molar refractivity (Wildman–Crippen MR) is 251 cm³/mol. The Labute approximate surface area is 343 Å². The number of nitrogens with zero attached hydrogens (tertiary/aromatic N) is 4. The summed E-state index contributed by atoms with van der Waals surface area (Å²) in [5.41, 5.74) is 13.8. The molecular formula is C56H32N4. The topological polar surface area (TPSA) is 35.6 Å². The number of rotatable bonds is 3. The molecule has 0 saturated heterocycles. The smallest absolute Gasteiger partial charge is 0.235 e. The van der Waals surface area contributed by atoms with Gasteiger partial charge in [-0.15, -0.1) is 0 Å². The molecule has 0 fully saturated rings. The van der Waals surface area contributed by atoms with Gasteiger partial charge in [-0.25, -0.2) is 9.97 Å². The normalized spacial score (nSPS) is 12.3. The molecule has 0 radical (unpaired) electrons. The lowest BCUT2D eigenvalue weighted by atomic mass is 9.95. The van der Waals surface area contributed by atoms with Crippen LogP contribution in [0.15, 0.2) is 194 Å². The summed E-state index contributed by atoms with van der Waals surface area (Å²) in [6, 6.07) is 70.7. The maximum absolute atomic E-state index is 5.57. The van der Waals surface area contributed by atoms with Gasteiger partial charge < -0.3 is 4.57 Å². The average molecular weight is 761 g/mol. The first-order valence-corrected chi connectivity index (χ1v) is 20.6. The molecule has 0 unspecified atom stereocenters. The molecule has 3 aromatic heterocycles. The van der Waals surface area contributed by atoms with Crippen molar-refractivity contribution in [2.24, 2.45) is 0 Å². The zero-order valence-electron chi connectivity index (χ0n) is 32.3. The second-order valence-corrected chi connectivity index (χ2v) is 16.1. The average Bonchev–Trinajstić information content (AvgIpc) is 3.94. The predicted octanol–water partition coefficient (Wildman–Crippen LogP) is 14.6. The van der Waals surface area contributed by atoms with E-state index in [4.69, 9.17) is 9.97 Å². The zero-order valence-corrected chi connectivity index (χ0v) is 32.3. The SMILES string of the molecule is c1ccc2c(c1)-c1cccc3c(-c4nc(-n5c6ccccc6c6cc7ccc(-n8c9ccccc9c9c%10ccccc%10ccc98)cc7cc65)nc5ccccc45)ccc-2c13. The van der Waals surface area contributed by atoms with Crippen molar-refractivity contribution < 1.29 is 0 Å². The highest BCUT2D eigenvalue weighted by molar-refractivity contribution is 6.22. The fraction of sp³-hybridized carbons (Fsp3) is 0. The quantitative estimate of drug-likeness (QED) is 0.180. The molecule has 10 aromatic carbocycles. The molecule has 0 saturated carbocycles. The minimum absolute atomic E-state index is 0.659. The summed E-state index contributed by atoms with van der Waals surface area (Å²) in [5, 5.41) is 13.3. The van der Waals surface area contributed by atoms with Crippen LogP contribution >= 0.6 is 0 Å². The van der Waals surface area contributed by atoms with Crippen molar-refractivity contribution in [2.75, 3.05) is 0 Å². The van der Waals surface area contributed by atoms with Crippen LogP contribution in [0.5, 0.6) is 0 Å². The lowest BCUT2D eigenvalue weighted by Crippen LogP contribution is -2.03. The van der Waals surface area contributed by atoms with E-state index in [2.05, 4.69) is 203 Å². The van der Waals surface area contributed by atoms with E-state index in [0.717, 1.165) is 44.3 Å². The second kappa shape index (κ2) is 11.8. The molecule has 0 atom stereocenters. The minimum atomic E-state index is 0.659. The van der Waals surface area contributed by atoms with Crippen LogP contribution in [0.4, 0.5) is 0 Å². The highest BCUT2D eigenvalue weighted by Crippen LogP contribution is 2.50. The molecule has 4 heteroatoms. The van der Waals surface area contributed by atoms with Crippen LogP contribution in [0.2, 0.25) is 0 Å². The van der Waals surface area contributed by atoms with E-state index in [1.807, 2.05) is 0 Å². The van der Waals surface area contributed by atoms with Crippen molar-refractivity contribution in [1.82, 2.24) is 19.1 Å². The Morgan fingerprint density at radius 1 is 0.300 bits per heavy atom. The van der Waals surface area contributed by atoms with Gasteiger partial charge in [-0.2, -0.15) is 0 Å². The van der Waals surface area contributed by atoms with Crippen LogP contribution in [-0.4, -0.2) is 19.1 Å². The third-order valence-corrected chi connectivity index (χ3v) is 13.0. The van der Waals surface area contributed by atoms with Gasteiger partial charge in [0.15, 0.2) is 0 Å². The van der Waals surface area contributed by atoms with Crippen LogP contribution < -0.4 is 0 Å². The van der Waals surface area contributed by atoms with E-state index in [0.29, 0.717) is 5.95 Å². The molecule has 0 amide bonds. The van der Waals surface area contributed by atoms with Crippen LogP contribution in [0.25, 0.3) is 132 Å². The molecule has 0 bridgehead atoms. The summed E-state index contributed by atoms with van der Waals surface area (Å²) < 4.78 is 4.70. The van der Waals surface area contributed by atoms with E-state index in [-0.39, 0.29) is 0 Å². The molecule has 1 aliphatic carbocycles. The number of fused-ring (bicyclic) bond motifs is 13. The van der Waals surface area contributed by atoms with Gasteiger partial charge in [0.2, 0.25) is 5.95 Å². The maximum Gasteiger partial charge on any atom is 0.235 e. The van der Waals surface area contributed by atoms with Crippen LogP contribution in [0.3, 0.4) is 0 Å². The lowest BCUT2D eigenvalue weighted by Gasteiger charge is -2.14. The van der Waals surface area contributed by atoms with E-state index in [1.165, 1.54) is 81.8 Å². The van der Waals surface area contributed by atoms with Gasteiger partial charge in [0, 0.05) is 38.2 Å². The minimum Gasteiger partial charge on any atom is -0.309 e. The Kier molecular flexibility index (Phi) is 6.26. The van der Waals surface area contributed by atoms with Gasteiger partial charge in [-0.3, -0.25) is 4.57 Å². The summed E-state index contributed by atoms with van der Waals surface area (Å²) in [7, 11) is 0. The monoisotopic (exact) mass is 760 g/mol. The second-order valence-electron chi connectivity index (χ2n) is 16.1. The highest BCUT2D eigenvalue weighted by Gasteiger charge is 2.25. The largest absolute Gasteiger partial charge is 0.309 e. The molecule has 14 rings (SSSR count). The van der Waals surface area contributed by atoms with Crippen molar-refractivity contribution in [1.29, 1.82) is 0 Å². The first kappa shape index (κ1) is 31.9. The third kappa shape index (κ3) is 4.24. The summed E-state index contributed by atoms with van der Waals surface area (Å²) in [6.07, 6.45) is 0. The Hall–Kier alpha value is -8.08. The molecule has 60 heavy (non-hydrogen) atoms. The van der Waals surface area contributed by atoms with Gasteiger partial charge >= 0.3 is 0 Å². The molecule has 0 aliphatic heterocycles. The molecule has 3 heterocycles. The van der Waals surface area contributed by atoms with Crippen LogP contribution in [0.1, 0.15) is 0 Å². The van der Waals surface area contributed by atoms with Crippen molar-refractivity contribution in [3.05, 3.63) is 194 Å². The standard InChI is InChI=1S/C56H32N4/c1-2-13-37-33(12-1)25-29-51-54(37)46-18-7-10-23-50(46)59(51)36-26-24-34-31-47-40-16-6-9-22-49(40)60(52(47)32-35(34)30-36)56-57-48-21-8-5-17-45(48)55(58-56)44-28-27-43-39-15-4-3-14-38(39)41-19-11-20-42(44)53(41)43/h1-32H. The summed E-state index contributed by atoms with van der Waals surface area (Å²) in [5.74, 6) is 0.659. The molecule has 0 spiro atoms. The molecule has 1 aliphatic rings. The van der Waals surface area contributed by atoms with Gasteiger partial charge in [-0.1, -0.05) is 146 Å². The Morgan fingerprint density at radius 3 is 1.82 bits per heavy atom. The molecule has 276 valence electrons. The zero-order chi connectivity index (χ0) is 39.1. The van der Waals surface area contributed by atoms with Crippen molar-refractivity contribution in [3.8, 4) is 45.1 Å². The molecule has 13 aromatic rings. The van der Waals surface area contributed by atoms with Gasteiger partial charge in [-0.05, 0) is 103 Å². The number of benzene rings is 10. The fourth-order valence-electron chi connectivity index (χ4n) is 10.5. The number of hydrogen-bond acceptors (Lipinski definition) is 2. The first-order chi connectivity index (χ1) is 29.8. The Morgan fingerprint density at radius 2 is 0.950 bits per heavy atom. The van der Waals surface area contributed by atoms with E-state index >= 15 is 0 Å². The van der Waals surface area contributed by atoms with Crippen LogP contribution in [0, 0.1) is 0 Å². The van der Waals surface area contributed by atoms with Gasteiger partial charge in [0.25, 0.3) is 0 Å². The fourth-order valence-corrected chi connectivity index (χ4v) is 10.5. The van der Waals surface area contributed by atoms with Crippen molar-refractivity contribution >= 4 is 86.8 Å². The maximum atomic E-state index is 5.57. The molecule has 0 N–H and O–H groups in total. The first-order valence-electron chi connectivity index (χ1n) is 20.6. The number of aromatic nitrogens is 4. The van der Waals surface area contributed by atoms with E-state index in [9.17, 15) is 0 Å². The Bertz CT molecular complexity index is 3990. The Balaban J connectivity index is 1.02.